The van der Waals surface area contributed by atoms with Crippen LogP contribution in [0.5, 0.6) is 0 Å². The maximum Gasteiger partial charge on any atom is 0.410 e. The van der Waals surface area contributed by atoms with Gasteiger partial charge >= 0.3 is 6.09 Å². The number of amides is 1. The Bertz CT molecular complexity index is 498. The van der Waals surface area contributed by atoms with Crippen molar-refractivity contribution in [3.8, 4) is 0 Å². The number of nitrogens with one attached hydrogen (secondary N) is 1. The van der Waals surface area contributed by atoms with Crippen LogP contribution in [0, 0.1) is 0 Å². The number of benzene rings is 1. The van der Waals surface area contributed by atoms with Gasteiger partial charge in [0.05, 0.1) is 5.54 Å². The molecule has 2 heterocycles. The number of carbonyl (C=O) groups is 1. The molecule has 1 unspecified atom stereocenters. The highest BCUT2D eigenvalue weighted by atomic mass is 35.5. The van der Waals surface area contributed by atoms with E-state index in [1.54, 1.807) is 0 Å². The highest BCUT2D eigenvalue weighted by Gasteiger charge is 2.46. The molecule has 108 valence electrons. The summed E-state index contributed by atoms with van der Waals surface area (Å²) in [5.74, 6) is 0. The molecular formula is C15H19ClN2O2. The van der Waals surface area contributed by atoms with Crippen molar-refractivity contribution in [2.45, 2.75) is 31.3 Å². The first-order chi connectivity index (χ1) is 9.70. The molecular weight excluding hydrogens is 276 g/mol. The summed E-state index contributed by atoms with van der Waals surface area (Å²) in [4.78, 5) is 14.0. The minimum absolute atomic E-state index is 0.150. The van der Waals surface area contributed by atoms with E-state index >= 15 is 0 Å². The van der Waals surface area contributed by atoms with E-state index in [9.17, 15) is 4.79 Å². The normalized spacial score (nSPS) is 26.6. The van der Waals surface area contributed by atoms with Crippen molar-refractivity contribution in [1.82, 2.24) is 10.2 Å². The van der Waals surface area contributed by atoms with E-state index in [1.165, 1.54) is 0 Å². The summed E-state index contributed by atoms with van der Waals surface area (Å²) in [6.45, 7) is 3.02. The Labute approximate surface area is 124 Å². The summed E-state index contributed by atoms with van der Waals surface area (Å²) >= 11 is 6.03. The van der Waals surface area contributed by atoms with Crippen LogP contribution in [-0.2, 0) is 11.3 Å². The van der Waals surface area contributed by atoms with Crippen LogP contribution < -0.4 is 5.32 Å². The van der Waals surface area contributed by atoms with E-state index < -0.39 is 0 Å². The van der Waals surface area contributed by atoms with Crippen LogP contribution in [-0.4, -0.2) is 36.2 Å². The summed E-state index contributed by atoms with van der Waals surface area (Å²) in [5, 5.41) is 4.09. The summed E-state index contributed by atoms with van der Waals surface area (Å²) < 4.78 is 5.34. The Morgan fingerprint density at radius 1 is 1.35 bits per heavy atom. The molecule has 2 aliphatic rings. The molecule has 1 atom stereocenters. The molecule has 4 nitrogen and oxygen atoms in total. The smallest absolute Gasteiger partial charge is 0.410 e. The van der Waals surface area contributed by atoms with Crippen molar-refractivity contribution in [3.63, 3.8) is 0 Å². The van der Waals surface area contributed by atoms with Gasteiger partial charge in [0.2, 0.25) is 0 Å². The quantitative estimate of drug-likeness (QED) is 0.912. The van der Waals surface area contributed by atoms with E-state index in [4.69, 9.17) is 16.3 Å². The summed E-state index contributed by atoms with van der Waals surface area (Å²) in [7, 11) is 0. The van der Waals surface area contributed by atoms with Crippen molar-refractivity contribution in [2.75, 3.05) is 19.7 Å². The van der Waals surface area contributed by atoms with Gasteiger partial charge in [0.25, 0.3) is 0 Å². The number of nitrogens with zero attached hydrogens (tertiary/aromatic N) is 1. The lowest BCUT2D eigenvalue weighted by molar-refractivity contribution is 0.137. The lowest BCUT2D eigenvalue weighted by atomic mass is 9.90. The number of hydrogen-bond donors (Lipinski definition) is 1. The van der Waals surface area contributed by atoms with Gasteiger partial charge in [0.15, 0.2) is 0 Å². The average Bonchev–Trinajstić information content (AvgIpc) is 2.64. The Hall–Kier alpha value is -1.26. The number of rotatable bonds is 2. The van der Waals surface area contributed by atoms with Crippen LogP contribution in [0.3, 0.4) is 0 Å². The van der Waals surface area contributed by atoms with E-state index in [-0.39, 0.29) is 11.6 Å². The van der Waals surface area contributed by atoms with E-state index in [0.29, 0.717) is 18.2 Å². The highest BCUT2D eigenvalue weighted by molar-refractivity contribution is 6.30. The molecule has 0 aliphatic carbocycles. The Morgan fingerprint density at radius 3 is 3.10 bits per heavy atom. The predicted octanol–water partition coefficient (Wildman–Crippen LogP) is 2.80. The molecule has 1 aromatic carbocycles. The molecule has 5 heteroatoms. The van der Waals surface area contributed by atoms with Crippen LogP contribution >= 0.6 is 11.6 Å². The van der Waals surface area contributed by atoms with Crippen LogP contribution in [0.1, 0.15) is 24.8 Å². The summed E-state index contributed by atoms with van der Waals surface area (Å²) in [5.41, 5.74) is 0.899. The third-order valence-electron chi connectivity index (χ3n) is 4.25. The number of halogens is 1. The number of ether oxygens (including phenoxy) is 1. The number of cyclic esters (lactones) is 1. The Balaban J connectivity index is 1.83. The molecule has 2 saturated heterocycles. The van der Waals surface area contributed by atoms with Gasteiger partial charge < -0.3 is 10.1 Å². The molecule has 0 saturated carbocycles. The molecule has 3 rings (SSSR count). The number of hydrogen-bond acceptors (Lipinski definition) is 3. The van der Waals surface area contributed by atoms with Gasteiger partial charge in [-0.3, -0.25) is 4.90 Å². The van der Waals surface area contributed by atoms with Crippen molar-refractivity contribution in [1.29, 1.82) is 0 Å². The summed E-state index contributed by atoms with van der Waals surface area (Å²) in [6, 6.07) is 7.68. The van der Waals surface area contributed by atoms with Gasteiger partial charge in [-0.15, -0.1) is 0 Å². The fraction of sp³-hybridized carbons (Fsp3) is 0.533. The first-order valence-electron chi connectivity index (χ1n) is 7.09. The van der Waals surface area contributed by atoms with Gasteiger partial charge in [0, 0.05) is 11.6 Å². The Morgan fingerprint density at radius 2 is 2.25 bits per heavy atom. The topological polar surface area (TPSA) is 41.6 Å². The molecule has 0 bridgehead atoms. The second-order valence-corrected chi connectivity index (χ2v) is 6.03. The third kappa shape index (κ3) is 2.63. The van der Waals surface area contributed by atoms with E-state index in [2.05, 4.69) is 5.32 Å². The monoisotopic (exact) mass is 294 g/mol. The second kappa shape index (κ2) is 5.62. The molecule has 0 radical (unpaired) electrons. The van der Waals surface area contributed by atoms with Crippen molar-refractivity contribution < 1.29 is 9.53 Å². The minimum Gasteiger partial charge on any atom is -0.447 e. The first-order valence-corrected chi connectivity index (χ1v) is 7.47. The Kier molecular flexibility index (Phi) is 3.85. The first kappa shape index (κ1) is 13.7. The molecule has 20 heavy (non-hydrogen) atoms. The highest BCUT2D eigenvalue weighted by Crippen LogP contribution is 2.34. The average molecular weight is 295 g/mol. The van der Waals surface area contributed by atoms with Crippen molar-refractivity contribution in [3.05, 3.63) is 34.9 Å². The zero-order valence-electron chi connectivity index (χ0n) is 11.4. The fourth-order valence-corrected chi connectivity index (χ4v) is 3.34. The standard InChI is InChI=1S/C15H19ClN2O2/c16-13-4-1-3-12(9-13)10-18-14(19)20-11-15(18)5-2-7-17-8-6-15/h1,3-4,9,17H,2,5-8,10-11H2. The minimum atomic E-state index is -0.202. The van der Waals surface area contributed by atoms with Gasteiger partial charge in [-0.25, -0.2) is 4.79 Å². The maximum absolute atomic E-state index is 12.1. The van der Waals surface area contributed by atoms with Crippen LogP contribution in [0.2, 0.25) is 5.02 Å². The van der Waals surface area contributed by atoms with Gasteiger partial charge in [-0.1, -0.05) is 23.7 Å². The van der Waals surface area contributed by atoms with Crippen molar-refractivity contribution >= 4 is 17.7 Å². The molecule has 1 amide bonds. The molecule has 1 spiro atoms. The lowest BCUT2D eigenvalue weighted by Crippen LogP contribution is -2.47. The third-order valence-corrected chi connectivity index (χ3v) is 4.48. The summed E-state index contributed by atoms with van der Waals surface area (Å²) in [6.07, 6.45) is 2.81. The molecule has 2 fully saturated rings. The molecule has 2 aliphatic heterocycles. The van der Waals surface area contributed by atoms with Gasteiger partial charge in [-0.05, 0) is 50.0 Å². The molecule has 1 N–H and O–H groups in total. The number of carbonyl (C=O) groups excluding carboxylic acids is 1. The molecule has 0 aromatic heterocycles. The van der Waals surface area contributed by atoms with Crippen LogP contribution in [0.25, 0.3) is 0 Å². The maximum atomic E-state index is 12.1. The molecule has 1 aromatic rings. The van der Waals surface area contributed by atoms with E-state index in [1.807, 2.05) is 29.2 Å². The largest absolute Gasteiger partial charge is 0.447 e. The zero-order valence-corrected chi connectivity index (χ0v) is 12.2. The fourth-order valence-electron chi connectivity index (χ4n) is 3.12. The second-order valence-electron chi connectivity index (χ2n) is 5.60. The van der Waals surface area contributed by atoms with Gasteiger partial charge in [-0.2, -0.15) is 0 Å². The van der Waals surface area contributed by atoms with Crippen molar-refractivity contribution in [2.24, 2.45) is 0 Å². The SMILES string of the molecule is O=C1OCC2(CCCNCC2)N1Cc1cccc(Cl)c1. The zero-order chi connectivity index (χ0) is 14.0. The van der Waals surface area contributed by atoms with E-state index in [0.717, 1.165) is 37.9 Å². The van der Waals surface area contributed by atoms with Crippen LogP contribution in [0.15, 0.2) is 24.3 Å². The predicted molar refractivity (Wildman–Crippen MR) is 77.8 cm³/mol. The van der Waals surface area contributed by atoms with Gasteiger partial charge in [0.1, 0.15) is 6.61 Å². The van der Waals surface area contributed by atoms with Crippen LogP contribution in [0.4, 0.5) is 4.79 Å². The lowest BCUT2D eigenvalue weighted by Gasteiger charge is -2.34.